The number of rotatable bonds is 3. The van der Waals surface area contributed by atoms with Gasteiger partial charge in [0.15, 0.2) is 0 Å². The molecule has 5 heteroatoms. The third-order valence-electron chi connectivity index (χ3n) is 4.13. The molecule has 1 aromatic heterocycles. The summed E-state index contributed by atoms with van der Waals surface area (Å²) in [4.78, 5) is 27.0. The number of aromatic nitrogens is 1. The molecule has 1 aromatic carbocycles. The van der Waals surface area contributed by atoms with Crippen LogP contribution in [0.3, 0.4) is 0 Å². The van der Waals surface area contributed by atoms with Crippen LogP contribution in [-0.2, 0) is 11.2 Å². The highest BCUT2D eigenvalue weighted by atomic mass is 16.5. The van der Waals surface area contributed by atoms with E-state index in [2.05, 4.69) is 16.4 Å². The first-order chi connectivity index (χ1) is 11.1. The lowest BCUT2D eigenvalue weighted by atomic mass is 9.97. The van der Waals surface area contributed by atoms with E-state index in [0.717, 1.165) is 17.7 Å². The standard InChI is InChI=1S/C18H20N2O3/c1-11-9-12(2)20-18(22)16(11)17(21)19-10-15-14-6-4-3-5-13(14)7-8-23-15/h3-6,9,15H,7-8,10H2,1-2H3,(H,19,21)(H,20,22)/t15-/m1/s1. The van der Waals surface area contributed by atoms with Crippen molar-refractivity contribution in [1.82, 2.24) is 10.3 Å². The van der Waals surface area contributed by atoms with Gasteiger partial charge in [0.2, 0.25) is 0 Å². The van der Waals surface area contributed by atoms with E-state index in [-0.39, 0.29) is 23.1 Å². The molecule has 0 saturated carbocycles. The molecule has 1 atom stereocenters. The normalized spacial score (nSPS) is 16.7. The summed E-state index contributed by atoms with van der Waals surface area (Å²) in [6.07, 6.45) is 0.714. The molecule has 1 aliphatic heterocycles. The lowest BCUT2D eigenvalue weighted by Gasteiger charge is -2.26. The second-order valence-electron chi connectivity index (χ2n) is 5.86. The van der Waals surface area contributed by atoms with Gasteiger partial charge in [0, 0.05) is 12.2 Å². The highest BCUT2D eigenvalue weighted by Crippen LogP contribution is 2.26. The predicted octanol–water partition coefficient (Wildman–Crippen LogP) is 2.04. The summed E-state index contributed by atoms with van der Waals surface area (Å²) >= 11 is 0. The molecule has 1 aliphatic rings. The van der Waals surface area contributed by atoms with Crippen LogP contribution in [0.2, 0.25) is 0 Å². The van der Waals surface area contributed by atoms with Crippen molar-refractivity contribution in [1.29, 1.82) is 0 Å². The van der Waals surface area contributed by atoms with E-state index < -0.39 is 0 Å². The monoisotopic (exact) mass is 312 g/mol. The Bertz CT molecular complexity index is 795. The number of amides is 1. The van der Waals surface area contributed by atoms with Gasteiger partial charge in [0.25, 0.3) is 11.5 Å². The van der Waals surface area contributed by atoms with Crippen LogP contribution in [0.1, 0.15) is 38.8 Å². The number of H-pyrrole nitrogens is 1. The van der Waals surface area contributed by atoms with Crippen molar-refractivity contribution in [2.24, 2.45) is 0 Å². The van der Waals surface area contributed by atoms with Crippen LogP contribution < -0.4 is 10.9 Å². The molecule has 0 unspecified atom stereocenters. The van der Waals surface area contributed by atoms with Gasteiger partial charge in [-0.25, -0.2) is 0 Å². The number of carbonyl (C=O) groups is 1. The molecule has 1 amide bonds. The Labute approximate surface area is 134 Å². The Kier molecular flexibility index (Phi) is 4.30. The highest BCUT2D eigenvalue weighted by Gasteiger charge is 2.22. The second-order valence-corrected chi connectivity index (χ2v) is 5.86. The van der Waals surface area contributed by atoms with E-state index in [1.54, 1.807) is 19.9 Å². The number of ether oxygens (including phenoxy) is 1. The van der Waals surface area contributed by atoms with Gasteiger partial charge in [-0.3, -0.25) is 9.59 Å². The van der Waals surface area contributed by atoms with Gasteiger partial charge in [-0.2, -0.15) is 0 Å². The number of aryl methyl sites for hydroxylation is 2. The summed E-state index contributed by atoms with van der Waals surface area (Å²) in [5.74, 6) is -0.365. The summed E-state index contributed by atoms with van der Waals surface area (Å²) < 4.78 is 5.77. The number of pyridine rings is 1. The molecule has 3 rings (SSSR count). The molecule has 120 valence electrons. The summed E-state index contributed by atoms with van der Waals surface area (Å²) in [7, 11) is 0. The molecule has 2 heterocycles. The zero-order chi connectivity index (χ0) is 16.4. The minimum atomic E-state index is -0.365. The van der Waals surface area contributed by atoms with Crippen LogP contribution in [0.15, 0.2) is 35.1 Å². The lowest BCUT2D eigenvalue weighted by Crippen LogP contribution is -2.35. The lowest BCUT2D eigenvalue weighted by molar-refractivity contribution is 0.0411. The summed E-state index contributed by atoms with van der Waals surface area (Å²) in [6, 6.07) is 9.88. The quantitative estimate of drug-likeness (QED) is 0.911. The minimum absolute atomic E-state index is 0.166. The zero-order valence-corrected chi connectivity index (χ0v) is 13.3. The third kappa shape index (κ3) is 3.19. The molecule has 0 saturated heterocycles. The van der Waals surface area contributed by atoms with Crippen molar-refractivity contribution in [3.8, 4) is 0 Å². The van der Waals surface area contributed by atoms with Crippen LogP contribution in [0.5, 0.6) is 0 Å². The first-order valence-electron chi connectivity index (χ1n) is 7.74. The number of aromatic amines is 1. The molecule has 5 nitrogen and oxygen atoms in total. The largest absolute Gasteiger partial charge is 0.371 e. The zero-order valence-electron chi connectivity index (χ0n) is 13.3. The number of benzene rings is 1. The average molecular weight is 312 g/mol. The van der Waals surface area contributed by atoms with Crippen LogP contribution in [0.4, 0.5) is 0 Å². The number of fused-ring (bicyclic) bond motifs is 1. The summed E-state index contributed by atoms with van der Waals surface area (Å²) in [5, 5.41) is 2.83. The van der Waals surface area contributed by atoms with Crippen LogP contribution in [0, 0.1) is 13.8 Å². The van der Waals surface area contributed by atoms with E-state index >= 15 is 0 Å². The van der Waals surface area contributed by atoms with Crippen molar-refractivity contribution in [3.05, 3.63) is 68.6 Å². The Hall–Kier alpha value is -2.40. The highest BCUT2D eigenvalue weighted by molar-refractivity contribution is 5.95. The third-order valence-corrected chi connectivity index (χ3v) is 4.13. The van der Waals surface area contributed by atoms with E-state index in [0.29, 0.717) is 18.7 Å². The van der Waals surface area contributed by atoms with Crippen LogP contribution >= 0.6 is 0 Å². The smallest absolute Gasteiger partial charge is 0.261 e. The second kappa shape index (κ2) is 6.38. The Morgan fingerprint density at radius 1 is 1.35 bits per heavy atom. The maximum atomic E-state index is 12.4. The fourth-order valence-electron chi connectivity index (χ4n) is 3.06. The molecule has 2 aromatic rings. The average Bonchev–Trinajstić information content (AvgIpc) is 2.52. The first kappa shape index (κ1) is 15.5. The van der Waals surface area contributed by atoms with E-state index in [9.17, 15) is 9.59 Å². The van der Waals surface area contributed by atoms with Gasteiger partial charge in [0.05, 0.1) is 6.61 Å². The van der Waals surface area contributed by atoms with Crippen LogP contribution in [-0.4, -0.2) is 24.0 Å². The van der Waals surface area contributed by atoms with E-state index in [4.69, 9.17) is 4.74 Å². The summed E-state index contributed by atoms with van der Waals surface area (Å²) in [5.41, 5.74) is 3.59. The molecule has 23 heavy (non-hydrogen) atoms. The van der Waals surface area contributed by atoms with Gasteiger partial charge >= 0.3 is 0 Å². The molecular formula is C18H20N2O3. The van der Waals surface area contributed by atoms with E-state index in [1.807, 2.05) is 18.2 Å². The maximum absolute atomic E-state index is 12.4. The van der Waals surface area contributed by atoms with Gasteiger partial charge in [-0.1, -0.05) is 24.3 Å². The maximum Gasteiger partial charge on any atom is 0.261 e. The Morgan fingerprint density at radius 3 is 2.91 bits per heavy atom. The molecule has 0 spiro atoms. The molecular weight excluding hydrogens is 292 g/mol. The van der Waals surface area contributed by atoms with Crippen LogP contribution in [0.25, 0.3) is 0 Å². The first-order valence-corrected chi connectivity index (χ1v) is 7.74. The summed E-state index contributed by atoms with van der Waals surface area (Å²) in [6.45, 7) is 4.55. The van der Waals surface area contributed by atoms with Gasteiger partial charge in [0.1, 0.15) is 11.7 Å². The molecule has 0 fully saturated rings. The fraction of sp³-hybridized carbons (Fsp3) is 0.333. The van der Waals surface area contributed by atoms with Gasteiger partial charge in [-0.05, 0) is 43.0 Å². The minimum Gasteiger partial charge on any atom is -0.371 e. The Morgan fingerprint density at radius 2 is 2.13 bits per heavy atom. The van der Waals surface area contributed by atoms with Crippen molar-refractivity contribution >= 4 is 5.91 Å². The van der Waals surface area contributed by atoms with Crippen molar-refractivity contribution < 1.29 is 9.53 Å². The molecule has 0 aliphatic carbocycles. The predicted molar refractivity (Wildman–Crippen MR) is 87.7 cm³/mol. The Balaban J connectivity index is 1.75. The number of hydrogen-bond donors (Lipinski definition) is 2. The van der Waals surface area contributed by atoms with Gasteiger partial charge in [-0.15, -0.1) is 0 Å². The molecule has 0 bridgehead atoms. The van der Waals surface area contributed by atoms with Crippen molar-refractivity contribution in [2.75, 3.05) is 13.2 Å². The van der Waals surface area contributed by atoms with Crippen molar-refractivity contribution in [2.45, 2.75) is 26.4 Å². The van der Waals surface area contributed by atoms with Crippen molar-refractivity contribution in [3.63, 3.8) is 0 Å². The number of nitrogens with one attached hydrogen (secondary N) is 2. The SMILES string of the molecule is Cc1cc(C)c(C(=O)NC[C@H]2OCCc3ccccc32)c(=O)[nH]1. The number of carbonyl (C=O) groups excluding carboxylic acids is 1. The number of hydrogen-bond acceptors (Lipinski definition) is 3. The fourth-order valence-corrected chi connectivity index (χ4v) is 3.06. The molecule has 2 N–H and O–H groups in total. The van der Waals surface area contributed by atoms with E-state index in [1.165, 1.54) is 5.56 Å². The molecule has 0 radical (unpaired) electrons. The van der Waals surface area contributed by atoms with Gasteiger partial charge < -0.3 is 15.0 Å². The topological polar surface area (TPSA) is 71.2 Å².